The summed E-state index contributed by atoms with van der Waals surface area (Å²) < 4.78 is 12.6. The molecule has 1 amide bonds. The van der Waals surface area contributed by atoms with Gasteiger partial charge in [-0.15, -0.1) is 6.42 Å². The monoisotopic (exact) mass is 480 g/mol. The van der Waals surface area contributed by atoms with Crippen molar-refractivity contribution in [2.45, 2.75) is 36.9 Å². The normalized spacial score (nSPS) is 26.5. The molecular formula is C19H21ClN6O7. The van der Waals surface area contributed by atoms with E-state index >= 15 is 0 Å². The number of nitrogens with two attached hydrogens (primary N) is 1. The first-order valence-corrected chi connectivity index (χ1v) is 10.2. The van der Waals surface area contributed by atoms with Crippen molar-refractivity contribution in [2.75, 3.05) is 32.0 Å². The highest BCUT2D eigenvalue weighted by Gasteiger charge is 2.55. The number of rotatable bonds is 5. The van der Waals surface area contributed by atoms with E-state index in [9.17, 15) is 15.0 Å². The van der Waals surface area contributed by atoms with Crippen molar-refractivity contribution < 1.29 is 34.1 Å². The summed E-state index contributed by atoms with van der Waals surface area (Å²) in [6, 6.07) is 0. The van der Waals surface area contributed by atoms with Crippen LogP contribution in [0.25, 0.3) is 11.2 Å². The van der Waals surface area contributed by atoms with E-state index in [1.165, 1.54) is 10.9 Å². The molecule has 0 radical (unpaired) electrons. The first-order chi connectivity index (χ1) is 15.8. The Kier molecular flexibility index (Phi) is 7.60. The quantitative estimate of drug-likeness (QED) is 0.343. The Morgan fingerprint density at radius 1 is 1.39 bits per heavy atom. The van der Waals surface area contributed by atoms with E-state index in [4.69, 9.17) is 42.8 Å². The largest absolute Gasteiger partial charge is 0.384 e. The minimum Gasteiger partial charge on any atom is -0.384 e. The Balaban J connectivity index is 0.000000968. The number of ether oxygens (including phenoxy) is 2. The Labute approximate surface area is 192 Å². The lowest BCUT2D eigenvalue weighted by Crippen LogP contribution is -2.48. The Morgan fingerprint density at radius 3 is 2.70 bits per heavy atom. The molecule has 176 valence electrons. The molecule has 4 atom stereocenters. The third kappa shape index (κ3) is 4.81. The summed E-state index contributed by atoms with van der Waals surface area (Å²) in [5.74, 6) is 2.10. The minimum absolute atomic E-state index is 0.0590. The van der Waals surface area contributed by atoms with Crippen molar-refractivity contribution in [1.82, 2.24) is 24.4 Å². The van der Waals surface area contributed by atoms with Crippen LogP contribution in [0.3, 0.4) is 0 Å². The van der Waals surface area contributed by atoms with Crippen LogP contribution >= 0.6 is 11.6 Å². The average Bonchev–Trinajstić information content (AvgIpc) is 3.50. The van der Waals surface area contributed by atoms with Crippen molar-refractivity contribution >= 4 is 40.6 Å². The van der Waals surface area contributed by atoms with Gasteiger partial charge in [-0.25, -0.2) is 4.98 Å². The smallest absolute Gasteiger partial charge is 0.373 e. The van der Waals surface area contributed by atoms with Gasteiger partial charge in [-0.3, -0.25) is 9.36 Å². The molecule has 0 aromatic carbocycles. The lowest BCUT2D eigenvalue weighted by Gasteiger charge is -2.25. The number of anilines is 1. The summed E-state index contributed by atoms with van der Waals surface area (Å²) >= 11 is 5.88. The van der Waals surface area contributed by atoms with Gasteiger partial charge in [-0.1, -0.05) is 5.92 Å². The van der Waals surface area contributed by atoms with Crippen LogP contribution in [0.5, 0.6) is 0 Å². The number of aliphatic hydroxyl groups is 2. The van der Waals surface area contributed by atoms with Crippen LogP contribution in [0, 0.1) is 12.3 Å². The highest BCUT2D eigenvalue weighted by atomic mass is 35.5. The number of hydrogen-bond acceptors (Lipinski definition) is 11. The highest BCUT2D eigenvalue weighted by Crippen LogP contribution is 2.38. The highest BCUT2D eigenvalue weighted by molar-refractivity contribution is 6.28. The molecule has 0 unspecified atom stereocenters. The minimum atomic E-state index is -2.06. The zero-order chi connectivity index (χ0) is 24.2. The third-order valence-corrected chi connectivity index (χ3v) is 5.56. The number of fused-ring (bicyclic) bond motifs is 1. The number of aromatic nitrogens is 4. The standard InChI is InChI=1S/C18H21ClN6O5.CO2/c1-2-18(28)10(7-29-8-11(26)24-5-3-4-6-24)30-16(13(18)27)25-9-21-12-14(20)22-17(19)23-15(12)25;2-1-3/h1,9-10,13,16,27-28H,3-8H2,(H2,20,22,23);/t10-,13+,16-,18-;/m1./s1. The molecule has 33 heavy (non-hydrogen) atoms. The number of likely N-dealkylation sites (tertiary alicyclic amines) is 1. The van der Waals surface area contributed by atoms with Gasteiger partial charge in [0.2, 0.25) is 11.2 Å². The fourth-order valence-electron chi connectivity index (χ4n) is 3.72. The van der Waals surface area contributed by atoms with Crippen LogP contribution in [0.2, 0.25) is 5.28 Å². The number of imidazole rings is 1. The predicted molar refractivity (Wildman–Crippen MR) is 110 cm³/mol. The van der Waals surface area contributed by atoms with E-state index in [1.807, 2.05) is 0 Å². The number of carbonyl (C=O) groups excluding carboxylic acids is 3. The zero-order valence-corrected chi connectivity index (χ0v) is 18.0. The molecule has 0 saturated carbocycles. The van der Waals surface area contributed by atoms with Gasteiger partial charge < -0.3 is 30.3 Å². The molecule has 2 aliphatic heterocycles. The summed E-state index contributed by atoms with van der Waals surface area (Å²) in [6.45, 7) is 1.05. The second-order valence-corrected chi connectivity index (χ2v) is 7.66. The summed E-state index contributed by atoms with van der Waals surface area (Å²) in [4.78, 5) is 42.1. The second kappa shape index (κ2) is 10.2. The van der Waals surface area contributed by atoms with Gasteiger partial charge >= 0.3 is 6.15 Å². The van der Waals surface area contributed by atoms with Crippen molar-refractivity contribution in [3.63, 3.8) is 0 Å². The van der Waals surface area contributed by atoms with Gasteiger partial charge in [0, 0.05) is 13.1 Å². The molecule has 0 bridgehead atoms. The molecular weight excluding hydrogens is 460 g/mol. The number of nitrogen functional groups attached to an aromatic ring is 1. The van der Waals surface area contributed by atoms with Crippen LogP contribution in [0.1, 0.15) is 19.1 Å². The van der Waals surface area contributed by atoms with Crippen LogP contribution in [-0.4, -0.2) is 90.8 Å². The van der Waals surface area contributed by atoms with Gasteiger partial charge in [-0.2, -0.15) is 19.6 Å². The summed E-state index contributed by atoms with van der Waals surface area (Å²) in [5.41, 5.74) is 4.22. The molecule has 4 heterocycles. The number of halogens is 1. The topological polar surface area (TPSA) is 183 Å². The Morgan fingerprint density at radius 2 is 2.06 bits per heavy atom. The van der Waals surface area contributed by atoms with E-state index in [0.29, 0.717) is 13.1 Å². The number of nitrogens with zero attached hydrogens (tertiary/aromatic N) is 5. The fourth-order valence-corrected chi connectivity index (χ4v) is 3.90. The molecule has 4 rings (SSSR count). The molecule has 2 saturated heterocycles. The number of hydrogen-bond donors (Lipinski definition) is 3. The van der Waals surface area contributed by atoms with Gasteiger partial charge in [0.05, 0.1) is 12.9 Å². The maximum Gasteiger partial charge on any atom is 0.373 e. The molecule has 0 spiro atoms. The molecule has 2 aromatic rings. The van der Waals surface area contributed by atoms with E-state index in [1.54, 1.807) is 4.90 Å². The summed E-state index contributed by atoms with van der Waals surface area (Å²) in [5, 5.41) is 21.5. The zero-order valence-electron chi connectivity index (χ0n) is 17.3. The van der Waals surface area contributed by atoms with Crippen molar-refractivity contribution in [2.24, 2.45) is 0 Å². The van der Waals surface area contributed by atoms with Crippen LogP contribution in [0.15, 0.2) is 6.33 Å². The molecule has 0 aliphatic carbocycles. The van der Waals surface area contributed by atoms with Gasteiger partial charge in [0.1, 0.15) is 24.3 Å². The van der Waals surface area contributed by atoms with Crippen LogP contribution in [0.4, 0.5) is 5.82 Å². The number of aliphatic hydroxyl groups excluding tert-OH is 1. The SMILES string of the molecule is C#C[C@@]1(O)[C@@H](COCC(=O)N2CCCC2)O[C@@H](n2cnc3c(N)nc(Cl)nc32)[C@@H]1O.O=C=O. The number of terminal acetylenes is 1. The van der Waals surface area contributed by atoms with E-state index < -0.39 is 24.0 Å². The first-order valence-electron chi connectivity index (χ1n) is 9.80. The Hall–Kier alpha value is -3.11. The molecule has 2 aliphatic rings. The van der Waals surface area contributed by atoms with Gasteiger partial charge in [0.25, 0.3) is 0 Å². The average molecular weight is 481 g/mol. The van der Waals surface area contributed by atoms with Crippen LogP contribution in [-0.2, 0) is 23.9 Å². The number of amides is 1. The van der Waals surface area contributed by atoms with Crippen molar-refractivity contribution in [3.8, 4) is 12.3 Å². The fraction of sp³-hybridized carbons (Fsp3) is 0.526. The summed E-state index contributed by atoms with van der Waals surface area (Å²) in [7, 11) is 0. The number of carbonyl (C=O) groups is 1. The molecule has 2 aromatic heterocycles. The second-order valence-electron chi connectivity index (χ2n) is 7.32. The molecule has 13 nitrogen and oxygen atoms in total. The predicted octanol–water partition coefficient (Wildman–Crippen LogP) is -1.26. The Bertz CT molecular complexity index is 1090. The van der Waals surface area contributed by atoms with Gasteiger partial charge in [0.15, 0.2) is 23.3 Å². The lowest BCUT2D eigenvalue weighted by atomic mass is 9.93. The van der Waals surface area contributed by atoms with E-state index in [-0.39, 0.29) is 47.5 Å². The molecule has 4 N–H and O–H groups in total. The summed E-state index contributed by atoms with van der Waals surface area (Å²) in [6.07, 6.45) is 5.26. The van der Waals surface area contributed by atoms with Crippen molar-refractivity contribution in [3.05, 3.63) is 11.6 Å². The van der Waals surface area contributed by atoms with E-state index in [0.717, 1.165) is 12.8 Å². The van der Waals surface area contributed by atoms with Crippen molar-refractivity contribution in [1.29, 1.82) is 0 Å². The maximum absolute atomic E-state index is 12.1. The lowest BCUT2D eigenvalue weighted by molar-refractivity contribution is -0.191. The molecule has 14 heteroatoms. The van der Waals surface area contributed by atoms with E-state index in [2.05, 4.69) is 20.9 Å². The van der Waals surface area contributed by atoms with Crippen LogP contribution < -0.4 is 5.73 Å². The maximum atomic E-state index is 12.1. The first kappa shape index (κ1) is 24.5. The molecule has 2 fully saturated rings. The van der Waals surface area contributed by atoms with Gasteiger partial charge in [-0.05, 0) is 24.4 Å². The third-order valence-electron chi connectivity index (χ3n) is 5.40.